The summed E-state index contributed by atoms with van der Waals surface area (Å²) in [4.78, 5) is 2.29. The van der Waals surface area contributed by atoms with Crippen molar-refractivity contribution in [2.24, 2.45) is 0 Å². The van der Waals surface area contributed by atoms with Crippen LogP contribution in [0.4, 0.5) is 0 Å². The van der Waals surface area contributed by atoms with Gasteiger partial charge in [-0.2, -0.15) is 0 Å². The van der Waals surface area contributed by atoms with Gasteiger partial charge in [-0.15, -0.1) is 6.58 Å². The minimum absolute atomic E-state index is 0.306. The molecule has 0 N–H and O–H groups in total. The second-order valence-electron chi connectivity index (χ2n) is 2.72. The molecule has 1 nitrogen and oxygen atoms in total. The van der Waals surface area contributed by atoms with Crippen LogP contribution in [0.5, 0.6) is 0 Å². The summed E-state index contributed by atoms with van der Waals surface area (Å²) in [6, 6.07) is 0.694. The maximum Gasteiger partial charge on any atom is 0.0514 e. The van der Waals surface area contributed by atoms with Crippen LogP contribution >= 0.6 is 0 Å². The molecule has 0 radical (unpaired) electrons. The van der Waals surface area contributed by atoms with Crippen molar-refractivity contribution >= 4 is 0 Å². The van der Waals surface area contributed by atoms with E-state index in [1.54, 1.807) is 0 Å². The van der Waals surface area contributed by atoms with E-state index in [9.17, 15) is 0 Å². The topological polar surface area (TPSA) is 3.01 Å². The summed E-state index contributed by atoms with van der Waals surface area (Å²) in [6.45, 7) is 8.16. The Balaban J connectivity index is 2.63. The SMILES string of the molecule is C=CC1(C)C(C)N1C. The zero-order valence-electron chi connectivity index (χ0n) is 5.81. The highest BCUT2D eigenvalue weighted by Crippen LogP contribution is 2.38. The monoisotopic (exact) mass is 111 g/mol. The first-order valence-corrected chi connectivity index (χ1v) is 2.99. The molecule has 1 heteroatoms. The Morgan fingerprint density at radius 2 is 2.12 bits per heavy atom. The summed E-state index contributed by atoms with van der Waals surface area (Å²) in [5, 5.41) is 0. The van der Waals surface area contributed by atoms with E-state index in [0.29, 0.717) is 11.6 Å². The lowest BCUT2D eigenvalue weighted by molar-refractivity contribution is 0.557. The molecule has 8 heavy (non-hydrogen) atoms. The molecule has 1 aliphatic rings. The van der Waals surface area contributed by atoms with Crippen molar-refractivity contribution in [3.05, 3.63) is 12.7 Å². The Morgan fingerprint density at radius 3 is 2.12 bits per heavy atom. The maximum absolute atomic E-state index is 3.75. The Bertz CT molecular complexity index is 110. The molecular formula is C7H13N. The highest BCUT2D eigenvalue weighted by atomic mass is 15.4. The molecule has 0 amide bonds. The van der Waals surface area contributed by atoms with Crippen molar-refractivity contribution in [1.82, 2.24) is 4.90 Å². The molecule has 0 spiro atoms. The smallest absolute Gasteiger partial charge is 0.0514 e. The molecule has 1 saturated heterocycles. The van der Waals surface area contributed by atoms with Crippen LogP contribution in [-0.4, -0.2) is 23.5 Å². The molecular weight excluding hydrogens is 98.1 g/mol. The van der Waals surface area contributed by atoms with Crippen molar-refractivity contribution < 1.29 is 0 Å². The van der Waals surface area contributed by atoms with Crippen LogP contribution in [0.25, 0.3) is 0 Å². The van der Waals surface area contributed by atoms with Gasteiger partial charge in [0.15, 0.2) is 0 Å². The first-order valence-electron chi connectivity index (χ1n) is 2.99. The van der Waals surface area contributed by atoms with Crippen LogP contribution in [0.1, 0.15) is 13.8 Å². The molecule has 3 atom stereocenters. The number of hydrogen-bond donors (Lipinski definition) is 0. The molecule has 1 aliphatic heterocycles. The lowest BCUT2D eigenvalue weighted by Gasteiger charge is -1.97. The Morgan fingerprint density at radius 1 is 1.75 bits per heavy atom. The van der Waals surface area contributed by atoms with E-state index in [4.69, 9.17) is 0 Å². The van der Waals surface area contributed by atoms with Gasteiger partial charge in [0, 0.05) is 6.04 Å². The van der Waals surface area contributed by atoms with E-state index in [2.05, 4.69) is 32.4 Å². The maximum atomic E-state index is 3.75. The minimum Gasteiger partial charge on any atom is -0.291 e. The van der Waals surface area contributed by atoms with Crippen molar-refractivity contribution in [2.75, 3.05) is 7.05 Å². The third-order valence-electron chi connectivity index (χ3n) is 2.53. The van der Waals surface area contributed by atoms with Crippen LogP contribution in [0.15, 0.2) is 12.7 Å². The Hall–Kier alpha value is -0.300. The quantitative estimate of drug-likeness (QED) is 0.363. The number of nitrogens with zero attached hydrogens (tertiary/aromatic N) is 1. The van der Waals surface area contributed by atoms with Crippen molar-refractivity contribution in [3.63, 3.8) is 0 Å². The van der Waals surface area contributed by atoms with Gasteiger partial charge in [-0.1, -0.05) is 6.08 Å². The molecule has 0 aliphatic carbocycles. The van der Waals surface area contributed by atoms with E-state index in [0.717, 1.165) is 0 Å². The van der Waals surface area contributed by atoms with Crippen molar-refractivity contribution in [2.45, 2.75) is 25.4 Å². The average molecular weight is 111 g/mol. The summed E-state index contributed by atoms with van der Waals surface area (Å²) in [5.74, 6) is 0. The standard InChI is InChI=1S/C7H13N/c1-5-7(3)6(2)8(7)4/h5-6H,1H2,2-4H3. The average Bonchev–Trinajstić information content (AvgIpc) is 2.22. The van der Waals surface area contributed by atoms with Gasteiger partial charge >= 0.3 is 0 Å². The predicted molar refractivity (Wildman–Crippen MR) is 35.8 cm³/mol. The van der Waals surface area contributed by atoms with Crippen molar-refractivity contribution in [1.29, 1.82) is 0 Å². The van der Waals surface area contributed by atoms with Gasteiger partial charge in [-0.05, 0) is 20.9 Å². The van der Waals surface area contributed by atoms with Gasteiger partial charge in [0.05, 0.1) is 5.54 Å². The first-order chi connectivity index (χ1) is 3.63. The predicted octanol–water partition coefficient (Wildman–Crippen LogP) is 1.27. The molecule has 0 aromatic carbocycles. The van der Waals surface area contributed by atoms with Gasteiger partial charge < -0.3 is 0 Å². The fraction of sp³-hybridized carbons (Fsp3) is 0.714. The normalized spacial score (nSPS) is 53.4. The number of rotatable bonds is 1. The third-order valence-corrected chi connectivity index (χ3v) is 2.53. The number of likely N-dealkylation sites (N-methyl/N-ethyl adjacent to an activating group) is 1. The second kappa shape index (κ2) is 1.35. The molecule has 3 unspecified atom stereocenters. The van der Waals surface area contributed by atoms with Crippen LogP contribution in [-0.2, 0) is 0 Å². The van der Waals surface area contributed by atoms with E-state index >= 15 is 0 Å². The summed E-state index contributed by atoms with van der Waals surface area (Å²) in [5.41, 5.74) is 0.306. The fourth-order valence-corrected chi connectivity index (χ4v) is 1.09. The van der Waals surface area contributed by atoms with Crippen LogP contribution < -0.4 is 0 Å². The molecule has 0 aromatic heterocycles. The summed E-state index contributed by atoms with van der Waals surface area (Å²) in [7, 11) is 2.12. The molecule has 1 fully saturated rings. The summed E-state index contributed by atoms with van der Waals surface area (Å²) < 4.78 is 0. The zero-order valence-corrected chi connectivity index (χ0v) is 5.81. The van der Waals surface area contributed by atoms with Gasteiger partial charge in [-0.3, -0.25) is 4.90 Å². The van der Waals surface area contributed by atoms with E-state index in [1.807, 2.05) is 6.08 Å². The molecule has 46 valence electrons. The molecule has 1 rings (SSSR count). The van der Waals surface area contributed by atoms with Gasteiger partial charge in [0.2, 0.25) is 0 Å². The van der Waals surface area contributed by atoms with Gasteiger partial charge in [-0.25, -0.2) is 0 Å². The van der Waals surface area contributed by atoms with Crippen LogP contribution in [0, 0.1) is 0 Å². The fourth-order valence-electron chi connectivity index (χ4n) is 1.09. The second-order valence-corrected chi connectivity index (χ2v) is 2.72. The third kappa shape index (κ3) is 0.451. The van der Waals surface area contributed by atoms with Crippen LogP contribution in [0.2, 0.25) is 0 Å². The van der Waals surface area contributed by atoms with Gasteiger partial charge in [0.1, 0.15) is 0 Å². The first kappa shape index (κ1) is 5.83. The summed E-state index contributed by atoms with van der Waals surface area (Å²) >= 11 is 0. The molecule has 0 bridgehead atoms. The van der Waals surface area contributed by atoms with E-state index < -0.39 is 0 Å². The Kier molecular flexibility index (Phi) is 0.984. The highest BCUT2D eigenvalue weighted by Gasteiger charge is 2.50. The molecule has 0 aromatic rings. The zero-order chi connectivity index (χ0) is 6.36. The lowest BCUT2D eigenvalue weighted by Crippen LogP contribution is -2.05. The lowest BCUT2D eigenvalue weighted by atomic mass is 10.1. The molecule has 0 saturated carbocycles. The summed E-state index contributed by atoms with van der Waals surface area (Å²) in [6.07, 6.45) is 2.01. The van der Waals surface area contributed by atoms with Gasteiger partial charge in [0.25, 0.3) is 0 Å². The highest BCUT2D eigenvalue weighted by molar-refractivity contribution is 5.20. The Labute approximate surface area is 51.0 Å². The van der Waals surface area contributed by atoms with Crippen molar-refractivity contribution in [3.8, 4) is 0 Å². The van der Waals surface area contributed by atoms with E-state index in [1.165, 1.54) is 0 Å². The van der Waals surface area contributed by atoms with E-state index in [-0.39, 0.29) is 0 Å². The molecule has 1 heterocycles. The number of hydrogen-bond acceptors (Lipinski definition) is 1. The largest absolute Gasteiger partial charge is 0.291 e. The minimum atomic E-state index is 0.306. The van der Waals surface area contributed by atoms with Crippen LogP contribution in [0.3, 0.4) is 0 Å².